The standard InChI is InChI=1S/C17H18O5/c1-20-16(18)14-10-22-17(19)15-11(7-8-13(14)15)9-21-12-5-3-2-4-6-12/h2-7,10,13,15,17,19H,8-9H2,1H3. The Bertz CT molecular complexity index is 605. The molecule has 0 radical (unpaired) electrons. The molecule has 0 fully saturated rings. The molecule has 3 unspecified atom stereocenters. The first-order chi connectivity index (χ1) is 10.7. The molecule has 1 aromatic carbocycles. The lowest BCUT2D eigenvalue weighted by Gasteiger charge is -2.32. The summed E-state index contributed by atoms with van der Waals surface area (Å²) in [6, 6.07) is 9.47. The average molecular weight is 302 g/mol. The van der Waals surface area contributed by atoms with Gasteiger partial charge < -0.3 is 19.3 Å². The van der Waals surface area contributed by atoms with Crippen molar-refractivity contribution >= 4 is 5.97 Å². The van der Waals surface area contributed by atoms with Crippen LogP contribution in [0.5, 0.6) is 5.75 Å². The van der Waals surface area contributed by atoms with Gasteiger partial charge in [0.15, 0.2) is 0 Å². The molecular formula is C17H18O5. The third-order valence-corrected chi connectivity index (χ3v) is 4.11. The highest BCUT2D eigenvalue weighted by Crippen LogP contribution is 2.42. The lowest BCUT2D eigenvalue weighted by Crippen LogP contribution is -2.36. The second-order valence-electron chi connectivity index (χ2n) is 5.34. The van der Waals surface area contributed by atoms with Crippen molar-refractivity contribution in [1.29, 1.82) is 0 Å². The van der Waals surface area contributed by atoms with E-state index < -0.39 is 12.3 Å². The minimum Gasteiger partial charge on any atom is -0.489 e. The number of benzene rings is 1. The number of para-hydroxylation sites is 1. The Morgan fingerprint density at radius 1 is 1.36 bits per heavy atom. The second kappa shape index (κ2) is 6.23. The zero-order valence-electron chi connectivity index (χ0n) is 12.3. The van der Waals surface area contributed by atoms with Gasteiger partial charge in [-0.15, -0.1) is 0 Å². The van der Waals surface area contributed by atoms with E-state index in [2.05, 4.69) is 0 Å². The summed E-state index contributed by atoms with van der Waals surface area (Å²) >= 11 is 0. The van der Waals surface area contributed by atoms with E-state index in [1.165, 1.54) is 13.4 Å². The van der Waals surface area contributed by atoms with Crippen molar-refractivity contribution in [2.45, 2.75) is 12.7 Å². The van der Waals surface area contributed by atoms with Crippen LogP contribution in [0, 0.1) is 11.8 Å². The van der Waals surface area contributed by atoms with Crippen LogP contribution < -0.4 is 4.74 Å². The van der Waals surface area contributed by atoms with Gasteiger partial charge in [0.25, 0.3) is 0 Å². The van der Waals surface area contributed by atoms with Gasteiger partial charge in [-0.2, -0.15) is 0 Å². The Hall–Kier alpha value is -2.27. The molecule has 3 atom stereocenters. The smallest absolute Gasteiger partial charge is 0.337 e. The summed E-state index contributed by atoms with van der Waals surface area (Å²) in [4.78, 5) is 11.8. The molecule has 0 spiro atoms. The van der Waals surface area contributed by atoms with E-state index in [1.54, 1.807) is 0 Å². The number of methoxy groups -OCH3 is 1. The van der Waals surface area contributed by atoms with Gasteiger partial charge in [-0.05, 0) is 24.1 Å². The number of hydrogen-bond donors (Lipinski definition) is 1. The molecule has 0 amide bonds. The summed E-state index contributed by atoms with van der Waals surface area (Å²) in [5.41, 5.74) is 1.40. The molecule has 22 heavy (non-hydrogen) atoms. The van der Waals surface area contributed by atoms with Crippen LogP contribution in [-0.2, 0) is 14.3 Å². The molecule has 5 heteroatoms. The van der Waals surface area contributed by atoms with Crippen LogP contribution >= 0.6 is 0 Å². The number of carbonyl (C=O) groups excluding carboxylic acids is 1. The summed E-state index contributed by atoms with van der Waals surface area (Å²) in [5.74, 6) is -0.0456. The minimum absolute atomic E-state index is 0.120. The Kier molecular flexibility index (Phi) is 4.15. The summed E-state index contributed by atoms with van der Waals surface area (Å²) in [6.07, 6.45) is 3.02. The van der Waals surface area contributed by atoms with Crippen LogP contribution in [-0.4, -0.2) is 31.1 Å². The van der Waals surface area contributed by atoms with Crippen molar-refractivity contribution in [2.24, 2.45) is 11.8 Å². The van der Waals surface area contributed by atoms with Gasteiger partial charge in [-0.1, -0.05) is 24.3 Å². The zero-order valence-corrected chi connectivity index (χ0v) is 12.3. The van der Waals surface area contributed by atoms with Crippen molar-refractivity contribution in [1.82, 2.24) is 0 Å². The number of rotatable bonds is 4. The first-order valence-corrected chi connectivity index (χ1v) is 7.19. The predicted molar refractivity (Wildman–Crippen MR) is 78.8 cm³/mol. The molecule has 0 saturated heterocycles. The molecule has 0 saturated carbocycles. The largest absolute Gasteiger partial charge is 0.489 e. The Labute approximate surface area is 128 Å². The van der Waals surface area contributed by atoms with Gasteiger partial charge in [0, 0.05) is 5.92 Å². The van der Waals surface area contributed by atoms with Gasteiger partial charge in [-0.3, -0.25) is 0 Å². The number of allylic oxidation sites excluding steroid dienone is 1. The SMILES string of the molecule is COC(=O)C1=COC(O)C2C(COc3ccccc3)=CCC12. The summed E-state index contributed by atoms with van der Waals surface area (Å²) in [5, 5.41) is 10.1. The maximum atomic E-state index is 11.8. The van der Waals surface area contributed by atoms with Gasteiger partial charge >= 0.3 is 5.97 Å². The zero-order chi connectivity index (χ0) is 15.5. The van der Waals surface area contributed by atoms with Crippen molar-refractivity contribution in [3.8, 4) is 5.75 Å². The van der Waals surface area contributed by atoms with Crippen LogP contribution in [0.15, 0.2) is 53.8 Å². The fraction of sp³-hybridized carbons (Fsp3) is 0.353. The highest BCUT2D eigenvalue weighted by atomic mass is 16.6. The maximum Gasteiger partial charge on any atom is 0.337 e. The third-order valence-electron chi connectivity index (χ3n) is 4.11. The lowest BCUT2D eigenvalue weighted by atomic mass is 9.83. The van der Waals surface area contributed by atoms with E-state index in [0.29, 0.717) is 18.6 Å². The predicted octanol–water partition coefficient (Wildman–Crippen LogP) is 2.03. The molecule has 0 bridgehead atoms. The first kappa shape index (κ1) is 14.7. The van der Waals surface area contributed by atoms with Gasteiger partial charge in [-0.25, -0.2) is 4.79 Å². The molecule has 1 heterocycles. The van der Waals surface area contributed by atoms with Crippen LogP contribution in [0.4, 0.5) is 0 Å². The van der Waals surface area contributed by atoms with Crippen LogP contribution in [0.3, 0.4) is 0 Å². The van der Waals surface area contributed by atoms with Crippen LogP contribution in [0.1, 0.15) is 6.42 Å². The normalized spacial score (nSPS) is 26.4. The Morgan fingerprint density at radius 3 is 2.86 bits per heavy atom. The average Bonchev–Trinajstić information content (AvgIpc) is 2.98. The molecule has 5 nitrogen and oxygen atoms in total. The number of hydrogen-bond acceptors (Lipinski definition) is 5. The second-order valence-corrected chi connectivity index (χ2v) is 5.34. The van der Waals surface area contributed by atoms with Gasteiger partial charge in [0.05, 0.1) is 24.9 Å². The molecule has 1 aliphatic carbocycles. The van der Waals surface area contributed by atoms with Crippen LogP contribution in [0.2, 0.25) is 0 Å². The Morgan fingerprint density at radius 2 is 2.14 bits per heavy atom. The lowest BCUT2D eigenvalue weighted by molar-refractivity contribution is -0.141. The topological polar surface area (TPSA) is 65.0 Å². The van der Waals surface area contributed by atoms with Crippen molar-refractivity contribution in [3.63, 3.8) is 0 Å². The van der Waals surface area contributed by atoms with E-state index in [4.69, 9.17) is 14.2 Å². The van der Waals surface area contributed by atoms with E-state index >= 15 is 0 Å². The number of esters is 1. The molecular weight excluding hydrogens is 284 g/mol. The van der Waals surface area contributed by atoms with Gasteiger partial charge in [0.1, 0.15) is 12.4 Å². The van der Waals surface area contributed by atoms with E-state index in [-0.39, 0.29) is 11.8 Å². The summed E-state index contributed by atoms with van der Waals surface area (Å²) < 4.78 is 15.7. The van der Waals surface area contributed by atoms with E-state index in [0.717, 1.165) is 11.3 Å². The van der Waals surface area contributed by atoms with Crippen LogP contribution in [0.25, 0.3) is 0 Å². The number of fused-ring (bicyclic) bond motifs is 1. The number of aliphatic hydroxyl groups excluding tert-OH is 1. The molecule has 3 rings (SSSR count). The molecule has 116 valence electrons. The highest BCUT2D eigenvalue weighted by Gasteiger charge is 2.43. The minimum atomic E-state index is -0.966. The first-order valence-electron chi connectivity index (χ1n) is 7.19. The number of carbonyl (C=O) groups is 1. The quantitative estimate of drug-likeness (QED) is 0.681. The number of ether oxygens (including phenoxy) is 3. The molecule has 1 aromatic rings. The van der Waals surface area contributed by atoms with Crippen molar-refractivity contribution < 1.29 is 24.1 Å². The molecule has 0 aromatic heterocycles. The summed E-state index contributed by atoms with van der Waals surface area (Å²) in [6.45, 7) is 0.361. The maximum absolute atomic E-state index is 11.8. The van der Waals surface area contributed by atoms with Crippen molar-refractivity contribution in [2.75, 3.05) is 13.7 Å². The monoisotopic (exact) mass is 302 g/mol. The van der Waals surface area contributed by atoms with Gasteiger partial charge in [0.2, 0.25) is 6.29 Å². The fourth-order valence-corrected chi connectivity index (χ4v) is 2.99. The molecule has 1 N–H and O–H groups in total. The Balaban J connectivity index is 1.71. The van der Waals surface area contributed by atoms with E-state index in [1.807, 2.05) is 36.4 Å². The third kappa shape index (κ3) is 2.72. The van der Waals surface area contributed by atoms with E-state index in [9.17, 15) is 9.90 Å². The summed E-state index contributed by atoms with van der Waals surface area (Å²) in [7, 11) is 1.34. The molecule has 2 aliphatic rings. The molecule has 1 aliphatic heterocycles. The number of aliphatic hydroxyl groups is 1. The highest BCUT2D eigenvalue weighted by molar-refractivity contribution is 5.89. The van der Waals surface area contributed by atoms with Crippen molar-refractivity contribution in [3.05, 3.63) is 53.8 Å². The fourth-order valence-electron chi connectivity index (χ4n) is 2.99.